The van der Waals surface area contributed by atoms with Crippen LogP contribution in [0.25, 0.3) is 0 Å². The van der Waals surface area contributed by atoms with Crippen molar-refractivity contribution in [2.45, 2.75) is 57.8 Å². The van der Waals surface area contributed by atoms with Gasteiger partial charge in [-0.05, 0) is 78.2 Å². The van der Waals surface area contributed by atoms with Gasteiger partial charge in [0.1, 0.15) is 6.61 Å². The van der Waals surface area contributed by atoms with Crippen molar-refractivity contribution >= 4 is 6.09 Å². The van der Waals surface area contributed by atoms with Gasteiger partial charge in [0, 0.05) is 19.6 Å². The number of carbonyl (C=O) groups excluding carboxylic acids is 1. The van der Waals surface area contributed by atoms with E-state index >= 15 is 0 Å². The third-order valence-corrected chi connectivity index (χ3v) is 5.35. The zero-order valence-electron chi connectivity index (χ0n) is 18.2. The summed E-state index contributed by atoms with van der Waals surface area (Å²) < 4.78 is 4.90. The smallest absolute Gasteiger partial charge is 0.410 e. The molecular formula is C23H43N3O2. The predicted molar refractivity (Wildman–Crippen MR) is 119 cm³/mol. The average Bonchev–Trinajstić information content (AvgIpc) is 2.75. The number of rotatable bonds is 4. The first kappa shape index (κ1) is 24.7. The molecule has 3 fully saturated rings. The number of hydrogen-bond acceptors (Lipinski definition) is 4. The lowest BCUT2D eigenvalue weighted by Crippen LogP contribution is -2.36. The van der Waals surface area contributed by atoms with E-state index in [4.69, 9.17) is 4.74 Å². The van der Waals surface area contributed by atoms with Gasteiger partial charge in [-0.2, -0.15) is 0 Å². The van der Waals surface area contributed by atoms with Gasteiger partial charge in [-0.15, -0.1) is 6.58 Å². The topological polar surface area (TPSA) is 36.0 Å². The Labute approximate surface area is 173 Å². The third-order valence-electron chi connectivity index (χ3n) is 5.35. The Hall–Kier alpha value is -1.33. The molecule has 0 aromatic rings. The zero-order chi connectivity index (χ0) is 20.5. The summed E-state index contributed by atoms with van der Waals surface area (Å²) in [7, 11) is 2.19. The maximum atomic E-state index is 11.2. The highest BCUT2D eigenvalue weighted by molar-refractivity contribution is 5.67. The van der Waals surface area contributed by atoms with E-state index in [9.17, 15) is 4.79 Å². The second-order valence-electron chi connectivity index (χ2n) is 7.93. The SMILES string of the molecule is C=CCN1CCCCC1.C=CCOC(=O)N1CCCCC1.CN1CCCCC1. The summed E-state index contributed by atoms with van der Waals surface area (Å²) >= 11 is 0. The molecule has 3 aliphatic rings. The lowest BCUT2D eigenvalue weighted by Gasteiger charge is -2.25. The molecule has 3 rings (SSSR count). The Morgan fingerprint density at radius 2 is 1.29 bits per heavy atom. The van der Waals surface area contributed by atoms with E-state index in [0.29, 0.717) is 6.61 Å². The van der Waals surface area contributed by atoms with Gasteiger partial charge in [-0.3, -0.25) is 4.90 Å². The van der Waals surface area contributed by atoms with Crippen LogP contribution >= 0.6 is 0 Å². The molecule has 0 aromatic carbocycles. The molecular weight excluding hydrogens is 350 g/mol. The molecule has 0 spiro atoms. The van der Waals surface area contributed by atoms with Crippen molar-refractivity contribution in [3.63, 3.8) is 0 Å². The minimum Gasteiger partial charge on any atom is -0.445 e. The van der Waals surface area contributed by atoms with Gasteiger partial charge >= 0.3 is 6.09 Å². The Balaban J connectivity index is 0.000000218. The Kier molecular flexibility index (Phi) is 14.7. The summed E-state index contributed by atoms with van der Waals surface area (Å²) in [5, 5.41) is 0. The van der Waals surface area contributed by atoms with Crippen molar-refractivity contribution in [2.75, 3.05) is 59.5 Å². The number of hydrogen-bond donors (Lipinski definition) is 0. The normalized spacial score (nSPS) is 20.7. The predicted octanol–water partition coefficient (Wildman–Crippen LogP) is 4.56. The van der Waals surface area contributed by atoms with Crippen molar-refractivity contribution < 1.29 is 9.53 Å². The van der Waals surface area contributed by atoms with Crippen molar-refractivity contribution in [3.8, 4) is 0 Å². The van der Waals surface area contributed by atoms with Gasteiger partial charge in [-0.1, -0.05) is 31.6 Å². The molecule has 28 heavy (non-hydrogen) atoms. The van der Waals surface area contributed by atoms with Gasteiger partial charge in [-0.25, -0.2) is 4.79 Å². The fraction of sp³-hybridized carbons (Fsp3) is 0.783. The highest BCUT2D eigenvalue weighted by Gasteiger charge is 2.16. The standard InChI is InChI=1S/C9H15NO2.C8H15N.C6H13N/c1-2-8-12-9(11)10-6-4-3-5-7-10;1-2-6-9-7-4-3-5-8-9;1-7-5-3-2-4-6-7/h2H,1,3-8H2;2H,1,3-8H2;2-6H2,1H3. The van der Waals surface area contributed by atoms with Crippen LogP contribution in [-0.4, -0.2) is 80.3 Å². The number of amides is 1. The molecule has 0 atom stereocenters. The van der Waals surface area contributed by atoms with E-state index in [1.54, 1.807) is 11.0 Å². The van der Waals surface area contributed by atoms with Crippen molar-refractivity contribution in [1.82, 2.24) is 14.7 Å². The van der Waals surface area contributed by atoms with Crippen LogP contribution in [0.5, 0.6) is 0 Å². The lowest BCUT2D eigenvalue weighted by atomic mass is 10.1. The van der Waals surface area contributed by atoms with Crippen molar-refractivity contribution in [1.29, 1.82) is 0 Å². The highest BCUT2D eigenvalue weighted by Crippen LogP contribution is 2.09. The molecule has 1 amide bonds. The molecule has 0 unspecified atom stereocenters. The fourth-order valence-electron chi connectivity index (χ4n) is 3.67. The Morgan fingerprint density at radius 3 is 1.71 bits per heavy atom. The largest absolute Gasteiger partial charge is 0.445 e. The number of likely N-dealkylation sites (tertiary alicyclic amines) is 3. The molecule has 3 saturated heterocycles. The maximum Gasteiger partial charge on any atom is 0.410 e. The van der Waals surface area contributed by atoms with Crippen LogP contribution in [0.1, 0.15) is 57.8 Å². The van der Waals surface area contributed by atoms with E-state index in [0.717, 1.165) is 32.5 Å². The Morgan fingerprint density at radius 1 is 0.786 bits per heavy atom. The molecule has 0 saturated carbocycles. The van der Waals surface area contributed by atoms with Crippen LogP contribution < -0.4 is 0 Å². The molecule has 162 valence electrons. The van der Waals surface area contributed by atoms with E-state index < -0.39 is 0 Å². The number of nitrogens with zero attached hydrogens (tertiary/aromatic N) is 3. The summed E-state index contributed by atoms with van der Waals surface area (Å²) in [4.78, 5) is 17.8. The third kappa shape index (κ3) is 12.2. The second kappa shape index (κ2) is 16.6. The molecule has 0 aromatic heterocycles. The monoisotopic (exact) mass is 393 g/mol. The molecule has 0 N–H and O–H groups in total. The first-order valence-electron chi connectivity index (χ1n) is 11.2. The molecule has 5 heteroatoms. The summed E-state index contributed by atoms with van der Waals surface area (Å²) in [6.07, 6.45) is 15.3. The van der Waals surface area contributed by atoms with E-state index in [1.807, 2.05) is 6.08 Å². The van der Waals surface area contributed by atoms with Crippen LogP contribution in [0.2, 0.25) is 0 Å². The van der Waals surface area contributed by atoms with E-state index in [2.05, 4.69) is 30.0 Å². The van der Waals surface area contributed by atoms with Gasteiger partial charge in [0.05, 0.1) is 0 Å². The van der Waals surface area contributed by atoms with E-state index in [-0.39, 0.29) is 6.09 Å². The number of carbonyl (C=O) groups is 1. The molecule has 0 bridgehead atoms. The van der Waals surface area contributed by atoms with Crippen LogP contribution in [0, 0.1) is 0 Å². The second-order valence-corrected chi connectivity index (χ2v) is 7.93. The van der Waals surface area contributed by atoms with Crippen LogP contribution in [0.4, 0.5) is 4.79 Å². The van der Waals surface area contributed by atoms with Crippen molar-refractivity contribution in [3.05, 3.63) is 25.3 Å². The van der Waals surface area contributed by atoms with Crippen molar-refractivity contribution in [2.24, 2.45) is 0 Å². The number of piperidine rings is 3. The highest BCUT2D eigenvalue weighted by atomic mass is 16.6. The van der Waals surface area contributed by atoms with Gasteiger partial charge in [0.25, 0.3) is 0 Å². The fourth-order valence-corrected chi connectivity index (χ4v) is 3.67. The number of ether oxygens (including phenoxy) is 1. The first-order chi connectivity index (χ1) is 13.7. The summed E-state index contributed by atoms with van der Waals surface area (Å²) in [6.45, 7) is 15.5. The molecule has 0 aliphatic carbocycles. The molecule has 0 radical (unpaired) electrons. The van der Waals surface area contributed by atoms with Gasteiger partial charge in [0.2, 0.25) is 0 Å². The zero-order valence-corrected chi connectivity index (χ0v) is 18.2. The summed E-state index contributed by atoms with van der Waals surface area (Å²) in [5.74, 6) is 0. The van der Waals surface area contributed by atoms with Gasteiger partial charge < -0.3 is 14.5 Å². The molecule has 3 aliphatic heterocycles. The summed E-state index contributed by atoms with van der Waals surface area (Å²) in [5.41, 5.74) is 0. The average molecular weight is 394 g/mol. The molecule has 3 heterocycles. The minimum absolute atomic E-state index is 0.199. The van der Waals surface area contributed by atoms with Crippen LogP contribution in [0.3, 0.4) is 0 Å². The van der Waals surface area contributed by atoms with Crippen LogP contribution in [-0.2, 0) is 4.74 Å². The molecule has 5 nitrogen and oxygen atoms in total. The Bertz CT molecular complexity index is 410. The first-order valence-corrected chi connectivity index (χ1v) is 11.2. The minimum atomic E-state index is -0.199. The van der Waals surface area contributed by atoms with Gasteiger partial charge in [0.15, 0.2) is 0 Å². The quantitative estimate of drug-likeness (QED) is 0.656. The summed E-state index contributed by atoms with van der Waals surface area (Å²) in [6, 6.07) is 0. The van der Waals surface area contributed by atoms with Crippen LogP contribution in [0.15, 0.2) is 25.3 Å². The lowest BCUT2D eigenvalue weighted by molar-refractivity contribution is 0.105. The maximum absolute atomic E-state index is 11.2. The van der Waals surface area contributed by atoms with E-state index in [1.165, 1.54) is 71.1 Å².